The van der Waals surface area contributed by atoms with Crippen molar-refractivity contribution in [3.05, 3.63) is 95.6 Å². The topological polar surface area (TPSA) is 111 Å². The van der Waals surface area contributed by atoms with Crippen LogP contribution in [0.4, 0.5) is 11.4 Å². The zero-order valence-corrected chi connectivity index (χ0v) is 17.0. The predicted octanol–water partition coefficient (Wildman–Crippen LogP) is 2.62. The minimum Gasteiger partial charge on any atom is -0.858 e. The number of carbonyl (C=O) groups is 1. The van der Waals surface area contributed by atoms with Crippen molar-refractivity contribution < 1.29 is 18.3 Å². The van der Waals surface area contributed by atoms with Gasteiger partial charge in [-0.15, -0.1) is 0 Å². The summed E-state index contributed by atoms with van der Waals surface area (Å²) < 4.78 is 25.5. The minimum absolute atomic E-state index is 0.131. The van der Waals surface area contributed by atoms with Crippen LogP contribution in [0.2, 0.25) is 0 Å². The third-order valence-corrected chi connectivity index (χ3v) is 4.71. The fraction of sp³-hybridized carbons (Fsp3) is 0.0909. The number of hydrogen-bond donors (Lipinski definition) is 2. The number of sulfonamides is 1. The van der Waals surface area contributed by atoms with Gasteiger partial charge >= 0.3 is 0 Å². The van der Waals surface area contributed by atoms with Gasteiger partial charge in [0.1, 0.15) is 0 Å². The zero-order valence-electron chi connectivity index (χ0n) is 16.2. The molecule has 154 valence electrons. The van der Waals surface area contributed by atoms with Gasteiger partial charge in [0, 0.05) is 11.3 Å². The molecule has 0 saturated carbocycles. The monoisotopic (exact) mass is 422 g/mol. The molecule has 1 amide bonds. The van der Waals surface area contributed by atoms with Gasteiger partial charge in [-0.25, -0.2) is 8.42 Å². The van der Waals surface area contributed by atoms with E-state index in [-0.39, 0.29) is 23.4 Å². The Hall–Kier alpha value is -3.65. The minimum atomic E-state index is -3.56. The van der Waals surface area contributed by atoms with E-state index in [0.29, 0.717) is 5.69 Å². The Morgan fingerprint density at radius 1 is 0.867 bits per heavy atom. The number of aliphatic imine (C=N–C) groups is 1. The van der Waals surface area contributed by atoms with Crippen LogP contribution in [0.1, 0.15) is 21.5 Å². The van der Waals surface area contributed by atoms with Gasteiger partial charge in [-0.1, -0.05) is 60.7 Å². The molecule has 8 heteroatoms. The number of benzene rings is 3. The van der Waals surface area contributed by atoms with Crippen LogP contribution in [0.15, 0.2) is 83.9 Å². The molecule has 30 heavy (non-hydrogen) atoms. The van der Waals surface area contributed by atoms with Gasteiger partial charge in [-0.3, -0.25) is 14.5 Å². The molecule has 0 atom stereocenters. The van der Waals surface area contributed by atoms with E-state index in [0.717, 1.165) is 11.8 Å². The highest BCUT2D eigenvalue weighted by atomic mass is 32.2. The molecule has 3 aromatic carbocycles. The fourth-order valence-corrected chi connectivity index (χ4v) is 3.35. The first-order valence-electron chi connectivity index (χ1n) is 9.06. The van der Waals surface area contributed by atoms with E-state index in [1.807, 2.05) is 30.3 Å². The molecule has 0 spiro atoms. The number of rotatable bonds is 7. The number of anilines is 2. The van der Waals surface area contributed by atoms with Crippen molar-refractivity contribution in [2.24, 2.45) is 4.99 Å². The zero-order chi connectivity index (χ0) is 21.6. The highest BCUT2D eigenvalue weighted by molar-refractivity contribution is 7.92. The molecule has 0 fully saturated rings. The molecule has 7 nitrogen and oxygen atoms in total. The first-order chi connectivity index (χ1) is 14.3. The lowest BCUT2D eigenvalue weighted by molar-refractivity contribution is -0.213. The maximum Gasteiger partial charge on any atom is 0.257 e. The highest BCUT2D eigenvalue weighted by Gasteiger charge is 2.15. The normalized spacial score (nSPS) is 11.7. The number of amides is 1. The maximum absolute atomic E-state index is 12.8. The third-order valence-electron chi connectivity index (χ3n) is 4.12. The van der Waals surface area contributed by atoms with Crippen LogP contribution in [0.25, 0.3) is 0 Å². The van der Waals surface area contributed by atoms with Crippen LogP contribution in [-0.2, 0) is 16.6 Å². The molecule has 0 aliphatic rings. The number of nitrogens with one attached hydrogen (secondary N) is 2. The van der Waals surface area contributed by atoms with E-state index in [4.69, 9.17) is 0 Å². The predicted molar refractivity (Wildman–Crippen MR) is 116 cm³/mol. The van der Waals surface area contributed by atoms with Crippen molar-refractivity contribution in [1.29, 1.82) is 0 Å². The molecule has 0 aliphatic heterocycles. The van der Waals surface area contributed by atoms with E-state index in [2.05, 4.69) is 15.0 Å². The number of hydrogen-bond acceptors (Lipinski definition) is 5. The van der Waals surface area contributed by atoms with Gasteiger partial charge in [-0.05, 0) is 29.7 Å². The number of para-hydroxylation sites is 2. The van der Waals surface area contributed by atoms with Gasteiger partial charge in [0.25, 0.3) is 5.91 Å². The van der Waals surface area contributed by atoms with Crippen LogP contribution >= 0.6 is 0 Å². The van der Waals surface area contributed by atoms with E-state index < -0.39 is 21.8 Å². The second-order valence-electron chi connectivity index (χ2n) is 6.53. The summed E-state index contributed by atoms with van der Waals surface area (Å²) in [4.78, 5) is 16.9. The van der Waals surface area contributed by atoms with E-state index in [1.54, 1.807) is 36.4 Å². The highest BCUT2D eigenvalue weighted by Crippen LogP contribution is 2.21. The molecule has 2 N–H and O–H groups in total. The van der Waals surface area contributed by atoms with Gasteiger partial charge in [-0.2, -0.15) is 0 Å². The molecule has 0 saturated heterocycles. The van der Waals surface area contributed by atoms with E-state index in [1.165, 1.54) is 12.1 Å². The van der Waals surface area contributed by atoms with Crippen molar-refractivity contribution in [2.75, 3.05) is 16.3 Å². The lowest BCUT2D eigenvalue weighted by Gasteiger charge is -2.17. The van der Waals surface area contributed by atoms with E-state index >= 15 is 0 Å². The SMILES string of the molecule is CS(=O)(=O)Nc1ccccc1C(=O)Nc1ccccc1C([O-])=NCc1ccccc1. The van der Waals surface area contributed by atoms with Crippen LogP contribution in [0.5, 0.6) is 0 Å². The summed E-state index contributed by atoms with van der Waals surface area (Å²) in [5, 5.41) is 15.3. The van der Waals surface area contributed by atoms with Crippen LogP contribution in [0, 0.1) is 0 Å². The molecule has 3 rings (SSSR count). The Morgan fingerprint density at radius 3 is 2.10 bits per heavy atom. The smallest absolute Gasteiger partial charge is 0.257 e. The van der Waals surface area contributed by atoms with E-state index in [9.17, 15) is 18.3 Å². The molecule has 0 radical (unpaired) electrons. The Morgan fingerprint density at radius 2 is 1.43 bits per heavy atom. The molecule has 3 aromatic rings. The molecular formula is C22H20N3O4S-. The second-order valence-corrected chi connectivity index (χ2v) is 8.27. The first-order valence-corrected chi connectivity index (χ1v) is 11.0. The Labute approximate surface area is 175 Å². The summed E-state index contributed by atoms with van der Waals surface area (Å²) in [6, 6.07) is 22.1. The summed E-state index contributed by atoms with van der Waals surface area (Å²) in [6.07, 6.45) is 1.00. The molecule has 0 aromatic heterocycles. The van der Waals surface area contributed by atoms with Crippen molar-refractivity contribution in [3.8, 4) is 0 Å². The molecule has 0 aliphatic carbocycles. The van der Waals surface area contributed by atoms with Crippen molar-refractivity contribution in [1.82, 2.24) is 0 Å². The van der Waals surface area contributed by atoms with Crippen molar-refractivity contribution >= 4 is 33.2 Å². The van der Waals surface area contributed by atoms with Crippen LogP contribution < -0.4 is 15.1 Å². The third kappa shape index (κ3) is 5.68. The van der Waals surface area contributed by atoms with Crippen LogP contribution in [0.3, 0.4) is 0 Å². The maximum atomic E-state index is 12.8. The summed E-state index contributed by atoms with van der Waals surface area (Å²) in [5.41, 5.74) is 1.71. The Kier molecular flexibility index (Phi) is 6.48. The summed E-state index contributed by atoms with van der Waals surface area (Å²) in [7, 11) is -3.56. The van der Waals surface area contributed by atoms with Gasteiger partial charge < -0.3 is 10.4 Å². The molecule has 0 bridgehead atoms. The molecular weight excluding hydrogens is 402 g/mol. The standard InChI is InChI=1S/C22H21N3O4S/c1-30(28,29)25-20-14-8-6-12-18(20)22(27)24-19-13-7-5-11-17(19)21(26)23-15-16-9-3-2-4-10-16/h2-14,25H,15H2,1H3,(H,23,26)(H,24,27)/p-1. The average molecular weight is 422 g/mol. The Balaban J connectivity index is 1.84. The Bertz CT molecular complexity index is 1180. The van der Waals surface area contributed by atoms with Crippen molar-refractivity contribution in [3.63, 3.8) is 0 Å². The average Bonchev–Trinajstić information content (AvgIpc) is 2.72. The quantitative estimate of drug-likeness (QED) is 0.450. The van der Waals surface area contributed by atoms with Crippen LogP contribution in [-0.4, -0.2) is 26.5 Å². The lowest BCUT2D eigenvalue weighted by Crippen LogP contribution is -2.23. The van der Waals surface area contributed by atoms with Gasteiger partial charge in [0.05, 0.1) is 24.1 Å². The first kappa shape index (κ1) is 21.1. The van der Waals surface area contributed by atoms with Gasteiger partial charge in [0.2, 0.25) is 10.0 Å². The summed E-state index contributed by atoms with van der Waals surface area (Å²) in [6.45, 7) is 0.225. The number of nitrogens with zero attached hydrogens (tertiary/aromatic N) is 1. The van der Waals surface area contributed by atoms with Gasteiger partial charge in [0.15, 0.2) is 0 Å². The lowest BCUT2D eigenvalue weighted by atomic mass is 10.1. The molecule has 0 unspecified atom stereocenters. The second kappa shape index (κ2) is 9.23. The number of carbonyl (C=O) groups excluding carboxylic acids is 1. The summed E-state index contributed by atoms with van der Waals surface area (Å²) in [5.74, 6) is -1.01. The summed E-state index contributed by atoms with van der Waals surface area (Å²) >= 11 is 0. The largest absolute Gasteiger partial charge is 0.858 e. The molecule has 0 heterocycles. The fourth-order valence-electron chi connectivity index (χ4n) is 2.77. The van der Waals surface area contributed by atoms with Crippen molar-refractivity contribution in [2.45, 2.75) is 6.54 Å².